The highest BCUT2D eigenvalue weighted by Gasteiger charge is 2.38. The maximum atomic E-state index is 12.6. The number of carbonyl (C=O) groups is 3. The van der Waals surface area contributed by atoms with Gasteiger partial charge in [0.05, 0.1) is 19.3 Å². The SMILES string of the molecule is O=C(NC1CCC(C(=O)NC2COCC2C(=O)O)C1)OCC1c2ccccc2-c2ccccc21. The molecule has 0 radical (unpaired) electrons. The number of ether oxygens (including phenoxy) is 2. The number of hydrogen-bond acceptors (Lipinski definition) is 5. The third kappa shape index (κ3) is 4.37. The third-order valence-electron chi connectivity index (χ3n) is 7.19. The number of alkyl carbamates (subject to hydrolysis) is 1. The van der Waals surface area contributed by atoms with Crippen LogP contribution in [0.4, 0.5) is 4.79 Å². The van der Waals surface area contributed by atoms with E-state index in [1.165, 1.54) is 11.1 Å². The van der Waals surface area contributed by atoms with Crippen molar-refractivity contribution < 1.29 is 29.0 Å². The summed E-state index contributed by atoms with van der Waals surface area (Å²) in [5, 5.41) is 15.0. The Labute approximate surface area is 197 Å². The summed E-state index contributed by atoms with van der Waals surface area (Å²) in [6.07, 6.45) is 1.32. The average molecular weight is 465 g/mol. The maximum Gasteiger partial charge on any atom is 0.407 e. The van der Waals surface area contributed by atoms with E-state index < -0.39 is 24.0 Å². The molecule has 5 rings (SSSR count). The van der Waals surface area contributed by atoms with Crippen molar-refractivity contribution in [2.45, 2.75) is 37.3 Å². The Hall–Kier alpha value is -3.39. The van der Waals surface area contributed by atoms with Crippen molar-refractivity contribution in [1.29, 1.82) is 0 Å². The van der Waals surface area contributed by atoms with Gasteiger partial charge in [-0.2, -0.15) is 0 Å². The zero-order valence-electron chi connectivity index (χ0n) is 18.7. The predicted molar refractivity (Wildman–Crippen MR) is 123 cm³/mol. The molecule has 34 heavy (non-hydrogen) atoms. The molecule has 2 amide bonds. The zero-order valence-corrected chi connectivity index (χ0v) is 18.7. The smallest absolute Gasteiger partial charge is 0.407 e. The highest BCUT2D eigenvalue weighted by atomic mass is 16.5. The molecule has 2 aliphatic carbocycles. The van der Waals surface area contributed by atoms with Gasteiger partial charge >= 0.3 is 12.1 Å². The fourth-order valence-corrected chi connectivity index (χ4v) is 5.40. The number of carbonyl (C=O) groups excluding carboxylic acids is 2. The van der Waals surface area contributed by atoms with Crippen LogP contribution in [0.5, 0.6) is 0 Å². The van der Waals surface area contributed by atoms with E-state index >= 15 is 0 Å². The molecule has 0 bridgehead atoms. The van der Waals surface area contributed by atoms with Crippen molar-refractivity contribution in [3.05, 3.63) is 59.7 Å². The lowest BCUT2D eigenvalue weighted by Crippen LogP contribution is -2.45. The van der Waals surface area contributed by atoms with Gasteiger partial charge in [-0.3, -0.25) is 9.59 Å². The van der Waals surface area contributed by atoms with E-state index in [1.807, 2.05) is 24.3 Å². The first-order valence-electron chi connectivity index (χ1n) is 11.7. The minimum Gasteiger partial charge on any atom is -0.481 e. The first-order chi connectivity index (χ1) is 16.5. The molecule has 3 N–H and O–H groups in total. The van der Waals surface area contributed by atoms with E-state index in [4.69, 9.17) is 9.47 Å². The number of carboxylic acids is 1. The summed E-state index contributed by atoms with van der Waals surface area (Å²) in [5.74, 6) is -2.15. The minimum absolute atomic E-state index is 0.00364. The molecule has 1 heterocycles. The summed E-state index contributed by atoms with van der Waals surface area (Å²) in [7, 11) is 0. The van der Waals surface area contributed by atoms with Gasteiger partial charge in [0, 0.05) is 17.9 Å². The molecule has 0 aromatic heterocycles. The highest BCUT2D eigenvalue weighted by Crippen LogP contribution is 2.44. The number of benzene rings is 2. The van der Waals surface area contributed by atoms with Gasteiger partial charge < -0.3 is 25.2 Å². The number of rotatable bonds is 6. The first-order valence-corrected chi connectivity index (χ1v) is 11.7. The Kier molecular flexibility index (Phi) is 6.24. The number of hydrogen-bond donors (Lipinski definition) is 3. The number of aliphatic carboxylic acids is 1. The summed E-state index contributed by atoms with van der Waals surface area (Å²) in [5.41, 5.74) is 4.67. The first kappa shape index (κ1) is 22.4. The van der Waals surface area contributed by atoms with Gasteiger partial charge in [-0.15, -0.1) is 0 Å². The Morgan fingerprint density at radius 1 is 0.941 bits per heavy atom. The fourth-order valence-electron chi connectivity index (χ4n) is 5.40. The molecule has 1 saturated carbocycles. The molecule has 2 fully saturated rings. The molecule has 4 unspecified atom stereocenters. The summed E-state index contributed by atoms with van der Waals surface area (Å²) in [6, 6.07) is 15.7. The van der Waals surface area contributed by atoms with Crippen LogP contribution in [-0.2, 0) is 19.1 Å². The molecular weight excluding hydrogens is 436 g/mol. The van der Waals surface area contributed by atoms with Gasteiger partial charge in [0.2, 0.25) is 5.91 Å². The van der Waals surface area contributed by atoms with Crippen molar-refractivity contribution in [3.8, 4) is 11.1 Å². The second-order valence-electron chi connectivity index (χ2n) is 9.27. The quantitative estimate of drug-likeness (QED) is 0.606. The third-order valence-corrected chi connectivity index (χ3v) is 7.19. The van der Waals surface area contributed by atoms with Crippen LogP contribution in [0, 0.1) is 11.8 Å². The van der Waals surface area contributed by atoms with Crippen LogP contribution in [0.3, 0.4) is 0 Å². The molecule has 4 atom stereocenters. The molecule has 8 nitrogen and oxygen atoms in total. The van der Waals surface area contributed by atoms with Gasteiger partial charge in [-0.1, -0.05) is 48.5 Å². The van der Waals surface area contributed by atoms with E-state index in [1.54, 1.807) is 0 Å². The van der Waals surface area contributed by atoms with Crippen LogP contribution in [0.25, 0.3) is 11.1 Å². The summed E-state index contributed by atoms with van der Waals surface area (Å²) in [6.45, 7) is 0.558. The number of amides is 2. The van der Waals surface area contributed by atoms with E-state index in [-0.39, 0.29) is 43.6 Å². The topological polar surface area (TPSA) is 114 Å². The van der Waals surface area contributed by atoms with Crippen LogP contribution in [0.15, 0.2) is 48.5 Å². The summed E-state index contributed by atoms with van der Waals surface area (Å²) < 4.78 is 10.8. The average Bonchev–Trinajstić information content (AvgIpc) is 3.56. The number of nitrogens with one attached hydrogen (secondary N) is 2. The summed E-state index contributed by atoms with van der Waals surface area (Å²) >= 11 is 0. The lowest BCUT2D eigenvalue weighted by atomic mass is 9.98. The van der Waals surface area contributed by atoms with Crippen LogP contribution in [-0.4, -0.2) is 55.0 Å². The predicted octanol–water partition coefficient (Wildman–Crippen LogP) is 2.91. The Bertz CT molecular complexity index is 1060. The molecule has 1 aliphatic heterocycles. The Morgan fingerprint density at radius 2 is 1.62 bits per heavy atom. The van der Waals surface area contributed by atoms with Crippen LogP contribution >= 0.6 is 0 Å². The van der Waals surface area contributed by atoms with Gasteiger partial charge in [-0.05, 0) is 41.5 Å². The van der Waals surface area contributed by atoms with Crippen molar-refractivity contribution in [1.82, 2.24) is 10.6 Å². The standard InChI is InChI=1S/C26H28N2O6/c29-24(28-23-14-33-12-22(23)25(30)31)15-9-10-16(11-15)27-26(32)34-13-21-19-7-3-1-5-17(19)18-6-2-4-8-20(18)21/h1-8,15-16,21-23H,9-14H2,(H,27,32)(H,28,29)(H,30,31). The molecule has 1 saturated heterocycles. The van der Waals surface area contributed by atoms with Gasteiger partial charge in [0.1, 0.15) is 12.5 Å². The monoisotopic (exact) mass is 464 g/mol. The van der Waals surface area contributed by atoms with Gasteiger partial charge in [-0.25, -0.2) is 4.79 Å². The second kappa shape index (κ2) is 9.46. The van der Waals surface area contributed by atoms with Crippen molar-refractivity contribution >= 4 is 18.0 Å². The fraction of sp³-hybridized carbons (Fsp3) is 0.423. The molecule has 0 spiro atoms. The number of carboxylic acid groups (broad SMARTS) is 1. The Balaban J connectivity index is 1.12. The normalized spacial score (nSPS) is 25.4. The molecule has 3 aliphatic rings. The minimum atomic E-state index is -0.968. The van der Waals surface area contributed by atoms with Gasteiger partial charge in [0.25, 0.3) is 0 Å². The highest BCUT2D eigenvalue weighted by molar-refractivity contribution is 5.81. The second-order valence-corrected chi connectivity index (χ2v) is 9.27. The van der Waals surface area contributed by atoms with E-state index in [0.29, 0.717) is 19.3 Å². The van der Waals surface area contributed by atoms with E-state index in [2.05, 4.69) is 34.9 Å². The van der Waals surface area contributed by atoms with Crippen LogP contribution < -0.4 is 10.6 Å². The molecule has 2 aromatic rings. The largest absolute Gasteiger partial charge is 0.481 e. The van der Waals surface area contributed by atoms with Crippen molar-refractivity contribution in [2.24, 2.45) is 11.8 Å². The molecule has 2 aromatic carbocycles. The molecule has 178 valence electrons. The zero-order chi connectivity index (χ0) is 23.7. The Morgan fingerprint density at radius 3 is 2.29 bits per heavy atom. The lowest BCUT2D eigenvalue weighted by Gasteiger charge is -2.19. The van der Waals surface area contributed by atoms with E-state index in [9.17, 15) is 19.5 Å². The van der Waals surface area contributed by atoms with Gasteiger partial charge in [0.15, 0.2) is 0 Å². The molecule has 8 heteroatoms. The van der Waals surface area contributed by atoms with E-state index in [0.717, 1.165) is 11.1 Å². The van der Waals surface area contributed by atoms with Crippen LogP contribution in [0.1, 0.15) is 36.3 Å². The van der Waals surface area contributed by atoms with Crippen molar-refractivity contribution in [2.75, 3.05) is 19.8 Å². The summed E-state index contributed by atoms with van der Waals surface area (Å²) in [4.78, 5) is 36.5. The lowest BCUT2D eigenvalue weighted by molar-refractivity contribution is -0.142. The number of fused-ring (bicyclic) bond motifs is 3. The molecular formula is C26H28N2O6. The maximum absolute atomic E-state index is 12.6. The van der Waals surface area contributed by atoms with Crippen molar-refractivity contribution in [3.63, 3.8) is 0 Å². The van der Waals surface area contributed by atoms with Crippen LogP contribution in [0.2, 0.25) is 0 Å².